The third-order valence-corrected chi connectivity index (χ3v) is 23.0. The fourth-order valence-electron chi connectivity index (χ4n) is 16.8. The van der Waals surface area contributed by atoms with Crippen LogP contribution in [0, 0.1) is 84.3 Å². The number of nitrogens with zero attached hydrogens (tertiary/aromatic N) is 4. The van der Waals surface area contributed by atoms with Crippen LogP contribution in [0.3, 0.4) is 0 Å². The highest BCUT2D eigenvalue weighted by Gasteiger charge is 2.27. The molecule has 0 aliphatic heterocycles. The summed E-state index contributed by atoms with van der Waals surface area (Å²) in [4.78, 5) is 60.7. The predicted octanol–water partition coefficient (Wildman–Crippen LogP) is 22.0. The van der Waals surface area contributed by atoms with Gasteiger partial charge in [0.25, 0.3) is 22.2 Å². The molecule has 8 heteroatoms. The number of rotatable bonds is 8. The van der Waals surface area contributed by atoms with Crippen molar-refractivity contribution in [3.05, 3.63) is 284 Å². The molecule has 8 nitrogen and oxygen atoms in total. The number of hydrogen-bond donors (Lipinski definition) is 0. The summed E-state index contributed by atoms with van der Waals surface area (Å²) < 4.78 is 7.86. The van der Waals surface area contributed by atoms with Gasteiger partial charge in [0, 0.05) is 111 Å². The zero-order valence-electron chi connectivity index (χ0n) is 59.5. The predicted molar refractivity (Wildman–Crippen MR) is 420 cm³/mol. The van der Waals surface area contributed by atoms with Gasteiger partial charge in [0.2, 0.25) is 0 Å². The van der Waals surface area contributed by atoms with Crippen LogP contribution in [0.4, 0.5) is 0 Å². The fourth-order valence-corrected chi connectivity index (χ4v) is 16.8. The van der Waals surface area contributed by atoms with Crippen molar-refractivity contribution in [3.8, 4) is 0 Å². The Kier molecular flexibility index (Phi) is 21.2. The zero-order valence-corrected chi connectivity index (χ0v) is 59.5. The van der Waals surface area contributed by atoms with Gasteiger partial charge in [-0.15, -0.1) is 0 Å². The fraction of sp³-hybridized carbons (Fsp3) is 0.340. The summed E-state index contributed by atoms with van der Waals surface area (Å²) in [5.41, 5.74) is 2.73. The maximum atomic E-state index is 15.2. The van der Waals surface area contributed by atoms with Crippen molar-refractivity contribution in [2.45, 2.75) is 180 Å². The van der Waals surface area contributed by atoms with E-state index in [-0.39, 0.29) is 46.4 Å². The molecule has 0 saturated heterocycles. The second kappa shape index (κ2) is 31.5. The Bertz CT molecular complexity index is 4710. The average Bonchev–Trinajstić information content (AvgIpc) is 0.805. The van der Waals surface area contributed by atoms with Crippen molar-refractivity contribution in [1.82, 2.24) is 18.3 Å². The van der Waals surface area contributed by atoms with E-state index in [0.717, 1.165) is 146 Å². The summed E-state index contributed by atoms with van der Waals surface area (Å²) in [6.45, 7) is 8.75. The first-order valence-electron chi connectivity index (χ1n) is 37.7. The summed E-state index contributed by atoms with van der Waals surface area (Å²) in [5, 5.41) is 9.16. The van der Waals surface area contributed by atoms with Gasteiger partial charge in [-0.2, -0.15) is 0 Å². The first-order valence-corrected chi connectivity index (χ1v) is 37.7. The van der Waals surface area contributed by atoms with Crippen LogP contribution in [0.15, 0.2) is 201 Å². The van der Waals surface area contributed by atoms with Crippen LogP contribution in [0.2, 0.25) is 0 Å². The standard InChI is InChI=1S/C94H90N4O4/c1-65(73-19-9-5-10-20-73)95-85-55-35-69(36-56-85)31-43-77-27-17-28-78-44-32-71-39-59-87(60-40-71)97(67(3)75-23-13-7-14-24-75)93(101)83-51-53-84(54-52-83)94(102)98(68(4)76-25-15-8-16-26-76)88-61-41-72(42-62-88)34-46-80-30-18-29-79(90(80)64-63-89(77)78)45-33-70-37-57-86(58-38-70)96(66(2)74-21-11-6-12-22-74)92(100)82-49-47-81(48-50-82)91(95)99/h17-18,27-30,35-42,47-62,65-68,73-76H,5-16,19-26H2,1-4H3/t65-,66-,67-,68-/m1/s1. The molecule has 4 aliphatic carbocycles. The van der Waals surface area contributed by atoms with E-state index in [0.29, 0.717) is 77.5 Å². The highest BCUT2D eigenvalue weighted by atomic mass is 16.1. The van der Waals surface area contributed by atoms with Gasteiger partial charge in [0.05, 0.1) is 10.8 Å². The monoisotopic (exact) mass is 1340 g/mol. The van der Waals surface area contributed by atoms with Gasteiger partial charge in [-0.3, -0.25) is 19.2 Å². The van der Waals surface area contributed by atoms with E-state index in [4.69, 9.17) is 0 Å². The molecule has 22 rings (SSSR count). The Morgan fingerprint density at radius 2 is 0.441 bits per heavy atom. The molecule has 0 spiro atoms. The molecule has 102 heavy (non-hydrogen) atoms. The third-order valence-electron chi connectivity index (χ3n) is 23.0. The number of aromatic nitrogens is 4. The molecule has 10 heterocycles. The Hall–Kier alpha value is -10.6. The van der Waals surface area contributed by atoms with E-state index < -0.39 is 0 Å². The highest BCUT2D eigenvalue weighted by molar-refractivity contribution is 5.97. The van der Waals surface area contributed by atoms with Crippen molar-refractivity contribution >= 4 is 97.5 Å². The van der Waals surface area contributed by atoms with Crippen molar-refractivity contribution < 1.29 is 0 Å². The molecule has 4 aliphatic rings. The third kappa shape index (κ3) is 15.2. The van der Waals surface area contributed by atoms with E-state index in [1.165, 1.54) is 25.7 Å². The Labute approximate surface area is 600 Å². The molecule has 4 saturated carbocycles. The normalized spacial score (nSPS) is 16.5. The van der Waals surface area contributed by atoms with Crippen LogP contribution >= 0.6 is 0 Å². The molecule has 10 aromatic heterocycles. The molecule has 18 aromatic rings. The minimum Gasteiger partial charge on any atom is -0.305 e. The minimum atomic E-state index is -0.106. The van der Waals surface area contributed by atoms with Crippen molar-refractivity contribution in [2.75, 3.05) is 0 Å². The second-order valence-corrected chi connectivity index (χ2v) is 29.3. The van der Waals surface area contributed by atoms with Crippen molar-refractivity contribution in [2.24, 2.45) is 23.7 Å². The molecule has 0 N–H and O–H groups in total. The maximum absolute atomic E-state index is 15.2. The summed E-state index contributed by atoms with van der Waals surface area (Å²) in [5.74, 6) is 1.34. The van der Waals surface area contributed by atoms with Crippen LogP contribution in [0.1, 0.15) is 180 Å². The summed E-state index contributed by atoms with van der Waals surface area (Å²) in [7, 11) is 0. The molecular weight excluding hydrogens is 1250 g/mol. The van der Waals surface area contributed by atoms with Crippen molar-refractivity contribution in [1.29, 1.82) is 0 Å². The molecule has 4 atom stereocenters. The lowest BCUT2D eigenvalue weighted by Gasteiger charge is -2.29. The summed E-state index contributed by atoms with van der Waals surface area (Å²) in [6, 6.07) is 93.4. The van der Waals surface area contributed by atoms with Gasteiger partial charge >= 0.3 is 0 Å². The lowest BCUT2D eigenvalue weighted by atomic mass is 9.84. The number of benzene rings is 8. The molecule has 14 bridgehead atoms. The van der Waals surface area contributed by atoms with Gasteiger partial charge in [-0.05, 0) is 273 Å². The van der Waals surface area contributed by atoms with E-state index in [9.17, 15) is 0 Å². The quantitative estimate of drug-likeness (QED) is 0.152. The first kappa shape index (κ1) is 68.6. The molecule has 4 fully saturated rings. The molecule has 0 radical (unpaired) electrons. The lowest BCUT2D eigenvalue weighted by Crippen LogP contribution is -2.29. The van der Waals surface area contributed by atoms with E-state index in [2.05, 4.69) is 88.4 Å². The van der Waals surface area contributed by atoms with Crippen LogP contribution in [0.5, 0.6) is 0 Å². The first-order chi connectivity index (χ1) is 49.9. The second-order valence-electron chi connectivity index (χ2n) is 29.3. The Balaban J connectivity index is 1.05. The highest BCUT2D eigenvalue weighted by Crippen LogP contribution is 2.37. The van der Waals surface area contributed by atoms with Gasteiger partial charge in [-0.1, -0.05) is 150 Å². The zero-order chi connectivity index (χ0) is 70.1. The summed E-state index contributed by atoms with van der Waals surface area (Å²) >= 11 is 0. The van der Waals surface area contributed by atoms with Gasteiger partial charge in [0.15, 0.2) is 0 Å². The smallest absolute Gasteiger partial charge is 0.258 e. The largest absolute Gasteiger partial charge is 0.305 e. The Morgan fingerprint density at radius 1 is 0.245 bits per heavy atom. The molecular formula is C94H90N4O4. The molecule has 510 valence electrons. The number of fused-ring (bicyclic) bond motifs is 2. The van der Waals surface area contributed by atoms with Crippen LogP contribution < -0.4 is 22.2 Å². The summed E-state index contributed by atoms with van der Waals surface area (Å²) in [6.07, 6.45) is 22.4. The van der Waals surface area contributed by atoms with Crippen LogP contribution in [-0.2, 0) is 0 Å². The van der Waals surface area contributed by atoms with Gasteiger partial charge in [0.1, 0.15) is 0 Å². The Morgan fingerprint density at radius 3 is 0.637 bits per heavy atom. The molecule has 0 unspecified atom stereocenters. The van der Waals surface area contributed by atoms with Gasteiger partial charge in [-0.25, -0.2) is 0 Å². The minimum absolute atomic E-state index is 0.0801. The topological polar surface area (TPSA) is 88.0 Å². The molecule has 0 amide bonds. The van der Waals surface area contributed by atoms with E-state index >= 15 is 19.2 Å². The van der Waals surface area contributed by atoms with E-state index in [1.54, 1.807) is 0 Å². The maximum Gasteiger partial charge on any atom is 0.258 e. The lowest BCUT2D eigenvalue weighted by molar-refractivity contribution is 0.265. The van der Waals surface area contributed by atoms with Crippen LogP contribution in [0.25, 0.3) is 97.5 Å². The van der Waals surface area contributed by atoms with Gasteiger partial charge < -0.3 is 18.3 Å². The SMILES string of the molecule is C[C@H](C1CCCCC1)n1c(=O)c2ccc(cc2)c(=O)n([C@H](C)C2CCCCC2)c2ccc(c#cc3cccc4c#cc5ccc(cc5)n([C@H](C)C5CCCCC5)c(=O)c5ccc(cc5)c(=O)n([C@H](C)C5CCCCC5)c5ccc(c#cc6cccc(c#cc7ccc1cc7)c6c#cc34)cc5)cc2. The van der Waals surface area contributed by atoms with Crippen molar-refractivity contribution in [3.63, 3.8) is 0 Å². The average molecular weight is 1340 g/mol. The molecule has 8 aromatic carbocycles. The van der Waals surface area contributed by atoms with E-state index in [1.807, 2.05) is 200 Å². The van der Waals surface area contributed by atoms with Crippen LogP contribution in [-0.4, -0.2) is 18.3 Å². The number of hydrogen-bond acceptors (Lipinski definition) is 4.